The number of halogens is 1. The maximum atomic E-state index is 9.98. The molecule has 0 aliphatic rings. The highest BCUT2D eigenvalue weighted by atomic mass is 35.7. The van der Waals surface area contributed by atoms with E-state index in [1.165, 1.54) is 0 Å². The normalized spacial score (nSPS) is 9.75. The van der Waals surface area contributed by atoms with E-state index in [1.54, 1.807) is 6.92 Å². The Morgan fingerprint density at radius 1 is 1.62 bits per heavy atom. The summed E-state index contributed by atoms with van der Waals surface area (Å²) in [5.74, 6) is 2.32. The van der Waals surface area contributed by atoms with Crippen molar-refractivity contribution in [2.45, 2.75) is 13.3 Å². The Hall–Kier alpha value is -0.200. The van der Waals surface area contributed by atoms with Gasteiger partial charge in [0.1, 0.15) is 0 Å². The monoisotopic (exact) mass is 152 g/mol. The third kappa shape index (κ3) is 5.80. The Bertz CT molecular complexity index is 206. The Morgan fingerprint density at radius 2 is 2.12 bits per heavy atom. The van der Waals surface area contributed by atoms with Crippen molar-refractivity contribution in [3.8, 4) is 11.2 Å². The molecule has 0 unspecified atom stereocenters. The van der Waals surface area contributed by atoms with Crippen molar-refractivity contribution in [1.29, 1.82) is 0 Å². The summed E-state index contributed by atoms with van der Waals surface area (Å²) in [5, 5.41) is 1.86. The molecule has 0 atom stereocenters. The zero-order chi connectivity index (χ0) is 6.62. The van der Waals surface area contributed by atoms with Gasteiger partial charge in [-0.05, 0) is 0 Å². The van der Waals surface area contributed by atoms with E-state index in [-0.39, 0.29) is 0 Å². The molecule has 0 bridgehead atoms. The van der Waals surface area contributed by atoms with Gasteiger partial charge in [0.25, 0.3) is 0 Å². The fourth-order valence-corrected chi connectivity index (χ4v) is 0.639. The number of rotatable bonds is 0. The lowest BCUT2D eigenvalue weighted by molar-refractivity contribution is 0.618. The third-order valence-electron chi connectivity index (χ3n) is 0.371. The fraction of sp³-hybridized carbons (Fsp3) is 0.500. The van der Waals surface area contributed by atoms with E-state index in [9.17, 15) is 8.42 Å². The van der Waals surface area contributed by atoms with Crippen LogP contribution in [0.3, 0.4) is 0 Å². The van der Waals surface area contributed by atoms with Crippen LogP contribution in [0.4, 0.5) is 0 Å². The molecular weight excluding hydrogens is 148 g/mol. The minimum absolute atomic E-state index is 0.506. The van der Waals surface area contributed by atoms with Crippen molar-refractivity contribution < 1.29 is 8.42 Å². The summed E-state index contributed by atoms with van der Waals surface area (Å²) in [6, 6.07) is 0. The van der Waals surface area contributed by atoms with Crippen LogP contribution in [0, 0.1) is 11.2 Å². The molecule has 0 saturated carbocycles. The van der Waals surface area contributed by atoms with Gasteiger partial charge in [-0.3, -0.25) is 0 Å². The van der Waals surface area contributed by atoms with Crippen LogP contribution in [0.1, 0.15) is 13.3 Å². The Morgan fingerprint density at radius 3 is 2.25 bits per heavy atom. The summed E-state index contributed by atoms with van der Waals surface area (Å²) < 4.78 is 20.0. The predicted octanol–water partition coefficient (Wildman–Crippen LogP) is 0.926. The highest BCUT2D eigenvalue weighted by molar-refractivity contribution is 8.17. The second-order valence-corrected chi connectivity index (χ2v) is 3.37. The van der Waals surface area contributed by atoms with Crippen LogP contribution >= 0.6 is 10.7 Å². The van der Waals surface area contributed by atoms with Crippen molar-refractivity contribution in [3.63, 3.8) is 0 Å². The topological polar surface area (TPSA) is 34.1 Å². The van der Waals surface area contributed by atoms with Crippen molar-refractivity contribution >= 4 is 19.7 Å². The van der Waals surface area contributed by atoms with Crippen LogP contribution < -0.4 is 0 Å². The highest BCUT2D eigenvalue weighted by Crippen LogP contribution is 1.90. The first-order valence-electron chi connectivity index (χ1n) is 2.00. The average molecular weight is 153 g/mol. The molecule has 0 aliphatic carbocycles. The molecule has 0 N–H and O–H groups in total. The van der Waals surface area contributed by atoms with Gasteiger partial charge in [-0.2, -0.15) is 8.42 Å². The molecule has 0 heterocycles. The first-order valence-corrected chi connectivity index (χ1v) is 4.31. The molecule has 0 aromatic heterocycles. The van der Waals surface area contributed by atoms with Gasteiger partial charge in [0.15, 0.2) is 0 Å². The average Bonchev–Trinajstić information content (AvgIpc) is 1.59. The molecule has 0 aromatic carbocycles. The summed E-state index contributed by atoms with van der Waals surface area (Å²) in [4.78, 5) is 0. The Kier molecular flexibility index (Phi) is 2.88. The van der Waals surface area contributed by atoms with Crippen molar-refractivity contribution in [2.24, 2.45) is 0 Å². The molecule has 2 nitrogen and oxygen atoms in total. The highest BCUT2D eigenvalue weighted by Gasteiger charge is 1.92. The Labute approximate surface area is 53.3 Å². The molecule has 0 saturated heterocycles. The largest absolute Gasteiger partial charge is 0.300 e. The van der Waals surface area contributed by atoms with Gasteiger partial charge < -0.3 is 0 Å². The number of hydrogen-bond donors (Lipinski definition) is 0. The molecule has 0 aromatic rings. The van der Waals surface area contributed by atoms with Crippen LogP contribution in [-0.4, -0.2) is 8.42 Å². The van der Waals surface area contributed by atoms with Gasteiger partial charge in [-0.1, -0.05) is 12.8 Å². The SMILES string of the molecule is CCC#CS(=O)(=O)Cl. The molecule has 0 radical (unpaired) electrons. The smallest absolute Gasteiger partial charge is 0.198 e. The second-order valence-electron chi connectivity index (χ2n) is 1.07. The molecule has 0 spiro atoms. The van der Waals surface area contributed by atoms with E-state index in [0.29, 0.717) is 6.42 Å². The van der Waals surface area contributed by atoms with Gasteiger partial charge in [-0.25, -0.2) is 0 Å². The summed E-state index contributed by atoms with van der Waals surface area (Å²) in [6.45, 7) is 1.75. The summed E-state index contributed by atoms with van der Waals surface area (Å²) >= 11 is 0. The summed E-state index contributed by atoms with van der Waals surface area (Å²) in [5.41, 5.74) is 0. The van der Waals surface area contributed by atoms with E-state index in [4.69, 9.17) is 10.7 Å². The molecule has 0 rings (SSSR count). The molecule has 0 fully saturated rings. The summed E-state index contributed by atoms with van der Waals surface area (Å²) in [6.07, 6.45) is 0.506. The van der Waals surface area contributed by atoms with E-state index in [2.05, 4.69) is 5.92 Å². The summed E-state index contributed by atoms with van der Waals surface area (Å²) in [7, 11) is 1.14. The van der Waals surface area contributed by atoms with Gasteiger partial charge in [0.05, 0.1) is 0 Å². The van der Waals surface area contributed by atoms with Crippen LogP contribution in [0.5, 0.6) is 0 Å². The van der Waals surface area contributed by atoms with Gasteiger partial charge in [0.2, 0.25) is 0 Å². The first-order chi connectivity index (χ1) is 3.56. The maximum absolute atomic E-state index is 9.98. The quantitative estimate of drug-likeness (QED) is 0.382. The zero-order valence-electron chi connectivity index (χ0n) is 4.31. The van der Waals surface area contributed by atoms with Gasteiger partial charge >= 0.3 is 9.05 Å². The Balaban J connectivity index is 4.12. The van der Waals surface area contributed by atoms with E-state index >= 15 is 0 Å². The first kappa shape index (κ1) is 7.80. The maximum Gasteiger partial charge on any atom is 0.300 e. The molecule has 0 aliphatic heterocycles. The fourth-order valence-electron chi connectivity index (χ4n) is 0.158. The van der Waals surface area contributed by atoms with Crippen LogP contribution in [0.2, 0.25) is 0 Å². The lowest BCUT2D eigenvalue weighted by atomic mass is 10.5. The van der Waals surface area contributed by atoms with E-state index in [1.807, 2.05) is 5.25 Å². The molecular formula is C4H5ClO2S. The van der Waals surface area contributed by atoms with Crippen molar-refractivity contribution in [3.05, 3.63) is 0 Å². The van der Waals surface area contributed by atoms with Crippen LogP contribution in [0.25, 0.3) is 0 Å². The number of hydrogen-bond acceptors (Lipinski definition) is 2. The molecule has 8 heavy (non-hydrogen) atoms. The van der Waals surface area contributed by atoms with Crippen LogP contribution in [0.15, 0.2) is 0 Å². The standard InChI is InChI=1S/C4H5ClO2S/c1-2-3-4-8(5,6)7/h2H2,1H3. The van der Waals surface area contributed by atoms with Crippen LogP contribution in [-0.2, 0) is 9.05 Å². The molecule has 46 valence electrons. The predicted molar refractivity (Wildman–Crippen MR) is 32.8 cm³/mol. The zero-order valence-corrected chi connectivity index (χ0v) is 5.88. The lowest BCUT2D eigenvalue weighted by Crippen LogP contribution is -1.78. The minimum atomic E-state index is -3.58. The van der Waals surface area contributed by atoms with Gasteiger partial charge in [-0.15, -0.1) is 0 Å². The lowest BCUT2D eigenvalue weighted by Gasteiger charge is -1.71. The molecule has 0 amide bonds. The van der Waals surface area contributed by atoms with Gasteiger partial charge in [0, 0.05) is 22.4 Å². The second kappa shape index (κ2) is 2.95. The van der Waals surface area contributed by atoms with E-state index < -0.39 is 9.05 Å². The minimum Gasteiger partial charge on any atom is -0.198 e. The van der Waals surface area contributed by atoms with Crippen molar-refractivity contribution in [1.82, 2.24) is 0 Å². The van der Waals surface area contributed by atoms with E-state index in [0.717, 1.165) is 0 Å². The molecule has 4 heteroatoms. The third-order valence-corrected chi connectivity index (χ3v) is 0.990. The van der Waals surface area contributed by atoms with Crippen molar-refractivity contribution in [2.75, 3.05) is 0 Å².